The molecular formula is C20H23ClN4O2S. The van der Waals surface area contributed by atoms with Gasteiger partial charge < -0.3 is 4.90 Å². The molecule has 1 saturated heterocycles. The van der Waals surface area contributed by atoms with Crippen LogP contribution in [0.4, 0.5) is 0 Å². The Morgan fingerprint density at radius 1 is 1.11 bits per heavy atom. The molecule has 0 amide bonds. The van der Waals surface area contributed by atoms with Gasteiger partial charge in [-0.1, -0.05) is 29.3 Å². The van der Waals surface area contributed by atoms with Crippen LogP contribution in [0.5, 0.6) is 0 Å². The molecule has 148 valence electrons. The zero-order chi connectivity index (χ0) is 19.9. The van der Waals surface area contributed by atoms with Crippen LogP contribution in [-0.4, -0.2) is 47.2 Å². The fourth-order valence-corrected chi connectivity index (χ4v) is 5.21. The molecule has 1 aliphatic heterocycles. The van der Waals surface area contributed by atoms with Gasteiger partial charge in [-0.15, -0.1) is 0 Å². The summed E-state index contributed by atoms with van der Waals surface area (Å²) in [5.74, 6) is 0. The number of hydrogen-bond acceptors (Lipinski definition) is 4. The van der Waals surface area contributed by atoms with Crippen molar-refractivity contribution >= 4 is 21.6 Å². The van der Waals surface area contributed by atoms with Crippen molar-refractivity contribution in [1.29, 1.82) is 0 Å². The van der Waals surface area contributed by atoms with Crippen molar-refractivity contribution in [1.82, 2.24) is 18.7 Å². The van der Waals surface area contributed by atoms with Crippen LogP contribution in [0.2, 0.25) is 5.02 Å². The van der Waals surface area contributed by atoms with Crippen LogP contribution in [-0.2, 0) is 10.0 Å². The number of piperidine rings is 1. The van der Waals surface area contributed by atoms with E-state index in [9.17, 15) is 8.42 Å². The highest BCUT2D eigenvalue weighted by atomic mass is 35.5. The quantitative estimate of drug-likeness (QED) is 0.646. The lowest BCUT2D eigenvalue weighted by molar-refractivity contribution is 0.212. The summed E-state index contributed by atoms with van der Waals surface area (Å²) in [5.41, 5.74) is 2.26. The second-order valence-corrected chi connectivity index (χ2v) is 9.65. The van der Waals surface area contributed by atoms with Crippen LogP contribution in [0.25, 0.3) is 11.3 Å². The van der Waals surface area contributed by atoms with E-state index in [2.05, 4.69) is 17.0 Å². The molecule has 0 bridgehead atoms. The van der Waals surface area contributed by atoms with Gasteiger partial charge in [0.2, 0.25) is 0 Å². The molecule has 3 aromatic rings. The Bertz CT molecular complexity index is 1080. The summed E-state index contributed by atoms with van der Waals surface area (Å²) in [6, 6.07) is 8.81. The van der Waals surface area contributed by atoms with Gasteiger partial charge in [0.15, 0.2) is 0 Å². The maximum absolute atomic E-state index is 13.2. The van der Waals surface area contributed by atoms with E-state index in [1.165, 1.54) is 10.2 Å². The molecule has 0 saturated carbocycles. The van der Waals surface area contributed by atoms with Gasteiger partial charge in [0.1, 0.15) is 0 Å². The van der Waals surface area contributed by atoms with E-state index in [1.807, 2.05) is 17.8 Å². The number of benzene rings is 1. The van der Waals surface area contributed by atoms with Crippen LogP contribution < -0.4 is 0 Å². The third-order valence-electron chi connectivity index (χ3n) is 5.29. The van der Waals surface area contributed by atoms with Crippen LogP contribution in [0, 0.1) is 6.92 Å². The van der Waals surface area contributed by atoms with Gasteiger partial charge >= 0.3 is 0 Å². The second kappa shape index (κ2) is 7.39. The Hall–Kier alpha value is -2.09. The molecule has 28 heavy (non-hydrogen) atoms. The summed E-state index contributed by atoms with van der Waals surface area (Å²) >= 11 is 6.19. The van der Waals surface area contributed by atoms with Crippen molar-refractivity contribution in [2.75, 3.05) is 20.1 Å². The number of halogens is 1. The largest absolute Gasteiger partial charge is 0.306 e. The summed E-state index contributed by atoms with van der Waals surface area (Å²) in [7, 11) is -1.63. The number of nitrogens with zero attached hydrogens (tertiary/aromatic N) is 4. The molecule has 2 aromatic heterocycles. The normalized spacial score (nSPS) is 16.5. The molecule has 0 N–H and O–H groups in total. The highest BCUT2D eigenvalue weighted by Crippen LogP contribution is 2.30. The fraction of sp³-hybridized carbons (Fsp3) is 0.350. The molecule has 6 nitrogen and oxygen atoms in total. The predicted molar refractivity (Wildman–Crippen MR) is 110 cm³/mol. The van der Waals surface area contributed by atoms with Crippen LogP contribution in [0.1, 0.15) is 24.4 Å². The minimum atomic E-state index is -3.75. The summed E-state index contributed by atoms with van der Waals surface area (Å²) in [6.07, 6.45) is 7.13. The summed E-state index contributed by atoms with van der Waals surface area (Å²) in [4.78, 5) is 2.54. The highest BCUT2D eigenvalue weighted by Gasteiger charge is 2.24. The zero-order valence-electron chi connectivity index (χ0n) is 15.9. The fourth-order valence-electron chi connectivity index (χ4n) is 3.58. The molecule has 0 unspecified atom stereocenters. The molecule has 1 aromatic carbocycles. The third kappa shape index (κ3) is 3.62. The van der Waals surface area contributed by atoms with Crippen LogP contribution in [0.15, 0.2) is 53.8 Å². The molecule has 1 aliphatic rings. The highest BCUT2D eigenvalue weighted by molar-refractivity contribution is 7.90. The first-order valence-corrected chi connectivity index (χ1v) is 11.1. The second-order valence-electron chi connectivity index (χ2n) is 7.40. The Kier molecular flexibility index (Phi) is 5.07. The SMILES string of the molecule is Cc1ccc(S(=O)(=O)n2cc(Cl)cc2-c2cnn(C3CCN(C)CC3)c2)cc1. The Morgan fingerprint density at radius 2 is 1.79 bits per heavy atom. The average molecular weight is 419 g/mol. The van der Waals surface area contributed by atoms with Crippen molar-refractivity contribution in [3.05, 3.63) is 59.5 Å². The first kappa shape index (κ1) is 19.2. The average Bonchev–Trinajstić information content (AvgIpc) is 3.30. The number of hydrogen-bond donors (Lipinski definition) is 0. The molecule has 0 aliphatic carbocycles. The monoisotopic (exact) mass is 418 g/mol. The smallest absolute Gasteiger partial charge is 0.268 e. The Balaban J connectivity index is 1.70. The predicted octanol–water partition coefficient (Wildman–Crippen LogP) is 3.82. The van der Waals surface area contributed by atoms with Gasteiger partial charge in [0.05, 0.1) is 27.9 Å². The van der Waals surface area contributed by atoms with Gasteiger partial charge in [-0.05, 0) is 58.1 Å². The van der Waals surface area contributed by atoms with Gasteiger partial charge in [-0.3, -0.25) is 4.68 Å². The van der Waals surface area contributed by atoms with Gasteiger partial charge in [0.25, 0.3) is 10.0 Å². The minimum absolute atomic E-state index is 0.231. The van der Waals surface area contributed by atoms with Gasteiger partial charge in [-0.25, -0.2) is 12.4 Å². The summed E-state index contributed by atoms with van der Waals surface area (Å²) < 4.78 is 29.5. The Labute approximate surface area is 170 Å². The number of likely N-dealkylation sites (tertiary alicyclic amines) is 1. The lowest BCUT2D eigenvalue weighted by atomic mass is 10.1. The minimum Gasteiger partial charge on any atom is -0.306 e. The van der Waals surface area contributed by atoms with E-state index in [-0.39, 0.29) is 4.90 Å². The molecule has 0 spiro atoms. The van der Waals surface area contributed by atoms with E-state index >= 15 is 0 Å². The molecule has 1 fully saturated rings. The maximum Gasteiger partial charge on any atom is 0.268 e. The lowest BCUT2D eigenvalue weighted by Gasteiger charge is -2.28. The van der Waals surface area contributed by atoms with Crippen molar-refractivity contribution in [3.8, 4) is 11.3 Å². The summed E-state index contributed by atoms with van der Waals surface area (Å²) in [5, 5.41) is 4.88. The van der Waals surface area contributed by atoms with Gasteiger partial charge in [0, 0.05) is 18.0 Å². The molecular weight excluding hydrogens is 396 g/mol. The van der Waals surface area contributed by atoms with Crippen LogP contribution in [0.3, 0.4) is 0 Å². The molecule has 3 heterocycles. The summed E-state index contributed by atoms with van der Waals surface area (Å²) in [6.45, 7) is 3.99. The molecule has 0 radical (unpaired) electrons. The van der Waals surface area contributed by atoms with E-state index < -0.39 is 10.0 Å². The van der Waals surface area contributed by atoms with E-state index in [1.54, 1.807) is 36.5 Å². The topological polar surface area (TPSA) is 60.1 Å². The first-order chi connectivity index (χ1) is 13.3. The molecule has 0 atom stereocenters. The van der Waals surface area contributed by atoms with Crippen molar-refractivity contribution in [3.63, 3.8) is 0 Å². The van der Waals surface area contributed by atoms with Crippen LogP contribution >= 0.6 is 11.6 Å². The van der Waals surface area contributed by atoms with Crippen molar-refractivity contribution in [2.24, 2.45) is 0 Å². The standard InChI is InChI=1S/C20H23ClN4O2S/c1-15-3-5-19(6-4-15)28(26,27)25-14-17(21)11-20(25)16-12-22-24(13-16)18-7-9-23(2)10-8-18/h3-6,11-14,18H,7-10H2,1-2H3. The number of aromatic nitrogens is 3. The number of aryl methyl sites for hydroxylation is 1. The number of rotatable bonds is 4. The van der Waals surface area contributed by atoms with E-state index in [0.717, 1.165) is 37.1 Å². The lowest BCUT2D eigenvalue weighted by Crippen LogP contribution is -2.31. The Morgan fingerprint density at radius 3 is 2.46 bits per heavy atom. The third-order valence-corrected chi connectivity index (χ3v) is 7.18. The zero-order valence-corrected chi connectivity index (χ0v) is 17.5. The van der Waals surface area contributed by atoms with E-state index in [0.29, 0.717) is 16.8 Å². The maximum atomic E-state index is 13.2. The first-order valence-electron chi connectivity index (χ1n) is 9.28. The van der Waals surface area contributed by atoms with Gasteiger partial charge in [-0.2, -0.15) is 5.10 Å². The molecule has 4 rings (SSSR count). The van der Waals surface area contributed by atoms with Crippen molar-refractivity contribution < 1.29 is 8.42 Å². The van der Waals surface area contributed by atoms with E-state index in [4.69, 9.17) is 11.6 Å². The molecule has 8 heteroatoms. The van der Waals surface area contributed by atoms with Crippen molar-refractivity contribution in [2.45, 2.75) is 30.7 Å².